The monoisotopic (exact) mass is 201 g/mol. The summed E-state index contributed by atoms with van der Waals surface area (Å²) in [6, 6.07) is 0. The summed E-state index contributed by atoms with van der Waals surface area (Å²) in [6.45, 7) is 2.14. The van der Waals surface area contributed by atoms with Crippen LogP contribution in [0.15, 0.2) is 0 Å². The molecule has 4 nitrogen and oxygen atoms in total. The molecule has 0 saturated heterocycles. The van der Waals surface area contributed by atoms with Crippen molar-refractivity contribution >= 4 is 5.91 Å². The Bertz CT molecular complexity index is 200. The Kier molecular flexibility index (Phi) is 3.89. The molecule has 0 spiro atoms. The molecule has 0 aliphatic heterocycles. The third kappa shape index (κ3) is 3.27. The molecule has 0 aromatic rings. The second kappa shape index (κ2) is 4.75. The van der Waals surface area contributed by atoms with Crippen molar-refractivity contribution in [2.75, 3.05) is 20.3 Å². The van der Waals surface area contributed by atoms with Crippen molar-refractivity contribution in [2.45, 2.75) is 31.8 Å². The summed E-state index contributed by atoms with van der Waals surface area (Å²) in [7, 11) is 1.53. The minimum atomic E-state index is -0.964. The van der Waals surface area contributed by atoms with Crippen LogP contribution in [0.2, 0.25) is 0 Å². The number of carbonyl (C=O) groups excluding carboxylic acids is 1. The van der Waals surface area contributed by atoms with Crippen molar-refractivity contribution in [3.8, 4) is 0 Å². The Morgan fingerprint density at radius 1 is 1.64 bits per heavy atom. The maximum atomic E-state index is 11.4. The smallest absolute Gasteiger partial charge is 0.223 e. The molecule has 2 N–H and O–H groups in total. The summed E-state index contributed by atoms with van der Waals surface area (Å²) in [4.78, 5) is 11.4. The number of amides is 1. The van der Waals surface area contributed by atoms with E-state index in [0.717, 1.165) is 19.3 Å². The van der Waals surface area contributed by atoms with E-state index in [0.29, 0.717) is 0 Å². The van der Waals surface area contributed by atoms with Crippen molar-refractivity contribution in [1.82, 2.24) is 5.32 Å². The maximum absolute atomic E-state index is 11.4. The van der Waals surface area contributed by atoms with Crippen molar-refractivity contribution < 1.29 is 14.6 Å². The van der Waals surface area contributed by atoms with Gasteiger partial charge in [0, 0.05) is 19.6 Å². The molecular formula is C10H19NO3. The van der Waals surface area contributed by atoms with Gasteiger partial charge in [-0.15, -0.1) is 0 Å². The van der Waals surface area contributed by atoms with Crippen molar-refractivity contribution in [3.05, 3.63) is 0 Å². The summed E-state index contributed by atoms with van der Waals surface area (Å²) in [5, 5.41) is 12.4. The quantitative estimate of drug-likeness (QED) is 0.672. The van der Waals surface area contributed by atoms with E-state index in [1.807, 2.05) is 0 Å². The fraction of sp³-hybridized carbons (Fsp3) is 0.900. The Hall–Kier alpha value is -0.610. The molecule has 4 heteroatoms. The number of aliphatic hydroxyl groups is 1. The lowest BCUT2D eigenvalue weighted by atomic mass is 9.85. The van der Waals surface area contributed by atoms with Gasteiger partial charge >= 0.3 is 0 Å². The molecule has 1 saturated carbocycles. The first-order valence-corrected chi connectivity index (χ1v) is 5.04. The normalized spacial score (nSPS) is 21.1. The van der Waals surface area contributed by atoms with Crippen LogP contribution in [-0.4, -0.2) is 36.9 Å². The molecule has 1 rings (SSSR count). The van der Waals surface area contributed by atoms with Gasteiger partial charge in [0.25, 0.3) is 0 Å². The van der Waals surface area contributed by atoms with Gasteiger partial charge in [-0.3, -0.25) is 4.79 Å². The molecule has 0 heterocycles. The van der Waals surface area contributed by atoms with E-state index in [4.69, 9.17) is 4.74 Å². The zero-order valence-corrected chi connectivity index (χ0v) is 8.88. The highest BCUT2D eigenvalue weighted by molar-refractivity contribution is 5.79. The molecule has 1 amide bonds. The second-order valence-electron chi connectivity index (χ2n) is 4.28. The number of hydrogen-bond donors (Lipinski definition) is 2. The molecule has 14 heavy (non-hydrogen) atoms. The third-order valence-corrected chi connectivity index (χ3v) is 2.57. The van der Waals surface area contributed by atoms with Gasteiger partial charge in [0.2, 0.25) is 5.91 Å². The van der Waals surface area contributed by atoms with Gasteiger partial charge in [-0.25, -0.2) is 0 Å². The van der Waals surface area contributed by atoms with Crippen LogP contribution in [0.3, 0.4) is 0 Å². The zero-order valence-electron chi connectivity index (χ0n) is 8.88. The van der Waals surface area contributed by atoms with Gasteiger partial charge < -0.3 is 15.2 Å². The lowest BCUT2D eigenvalue weighted by molar-refractivity contribution is -0.129. The van der Waals surface area contributed by atoms with Crippen molar-refractivity contribution in [3.63, 3.8) is 0 Å². The van der Waals surface area contributed by atoms with E-state index in [1.54, 1.807) is 6.92 Å². The largest absolute Gasteiger partial charge is 0.386 e. The van der Waals surface area contributed by atoms with Gasteiger partial charge in [0.05, 0.1) is 6.61 Å². The predicted molar refractivity (Wildman–Crippen MR) is 52.9 cm³/mol. The summed E-state index contributed by atoms with van der Waals surface area (Å²) >= 11 is 0. The molecule has 1 aliphatic carbocycles. The topological polar surface area (TPSA) is 58.6 Å². The fourth-order valence-corrected chi connectivity index (χ4v) is 1.45. The minimum Gasteiger partial charge on any atom is -0.386 e. The van der Waals surface area contributed by atoms with E-state index in [9.17, 15) is 9.90 Å². The Balaban J connectivity index is 2.21. The van der Waals surface area contributed by atoms with Crippen LogP contribution >= 0.6 is 0 Å². The first-order valence-electron chi connectivity index (χ1n) is 5.04. The minimum absolute atomic E-state index is 0.0626. The van der Waals surface area contributed by atoms with Crippen LogP contribution in [0.4, 0.5) is 0 Å². The molecule has 1 fully saturated rings. The molecule has 0 aromatic heterocycles. The average molecular weight is 201 g/mol. The van der Waals surface area contributed by atoms with Gasteiger partial charge in [-0.05, 0) is 19.8 Å². The lowest BCUT2D eigenvalue weighted by Crippen LogP contribution is -2.46. The SMILES string of the molecule is COCC(C)(O)CNC(=O)C1CCC1. The molecule has 0 radical (unpaired) electrons. The molecule has 1 aliphatic rings. The van der Waals surface area contributed by atoms with Crippen molar-refractivity contribution in [1.29, 1.82) is 0 Å². The first-order chi connectivity index (χ1) is 6.55. The van der Waals surface area contributed by atoms with Crippen LogP contribution in [-0.2, 0) is 9.53 Å². The fourth-order valence-electron chi connectivity index (χ4n) is 1.45. The summed E-state index contributed by atoms with van der Waals surface area (Å²) < 4.78 is 4.84. The highest BCUT2D eigenvalue weighted by atomic mass is 16.5. The standard InChI is InChI=1S/C10H19NO3/c1-10(13,7-14-2)6-11-9(12)8-4-3-5-8/h8,13H,3-7H2,1-2H3,(H,11,12). The van der Waals surface area contributed by atoms with E-state index in [1.165, 1.54) is 7.11 Å². The highest BCUT2D eigenvalue weighted by Gasteiger charge is 2.27. The van der Waals surface area contributed by atoms with E-state index in [2.05, 4.69) is 5.32 Å². The number of rotatable bonds is 5. The molecule has 0 aromatic carbocycles. The number of methoxy groups -OCH3 is 1. The van der Waals surface area contributed by atoms with Gasteiger partial charge in [-0.1, -0.05) is 6.42 Å². The van der Waals surface area contributed by atoms with E-state index >= 15 is 0 Å². The number of ether oxygens (including phenoxy) is 1. The zero-order chi connectivity index (χ0) is 10.6. The van der Waals surface area contributed by atoms with Gasteiger partial charge in [0.1, 0.15) is 5.60 Å². The van der Waals surface area contributed by atoms with Gasteiger partial charge in [-0.2, -0.15) is 0 Å². The average Bonchev–Trinajstić information content (AvgIpc) is 1.98. The Labute approximate surface area is 84.6 Å². The van der Waals surface area contributed by atoms with E-state index in [-0.39, 0.29) is 25.0 Å². The van der Waals surface area contributed by atoms with Crippen LogP contribution in [0, 0.1) is 5.92 Å². The summed E-state index contributed by atoms with van der Waals surface area (Å²) in [6.07, 6.45) is 3.11. The first kappa shape index (κ1) is 11.5. The van der Waals surface area contributed by atoms with Gasteiger partial charge in [0.15, 0.2) is 0 Å². The summed E-state index contributed by atoms with van der Waals surface area (Å²) in [5.74, 6) is 0.237. The molecular weight excluding hydrogens is 182 g/mol. The van der Waals surface area contributed by atoms with Crippen LogP contribution in [0.1, 0.15) is 26.2 Å². The Morgan fingerprint density at radius 3 is 2.71 bits per heavy atom. The molecule has 82 valence electrons. The van der Waals surface area contributed by atoms with Crippen LogP contribution < -0.4 is 5.32 Å². The molecule has 1 atom stereocenters. The van der Waals surface area contributed by atoms with Crippen LogP contribution in [0.25, 0.3) is 0 Å². The molecule has 0 bridgehead atoms. The predicted octanol–water partition coefficient (Wildman–Crippen LogP) is 0.300. The number of carbonyl (C=O) groups is 1. The number of hydrogen-bond acceptors (Lipinski definition) is 3. The number of nitrogens with one attached hydrogen (secondary N) is 1. The maximum Gasteiger partial charge on any atom is 0.223 e. The van der Waals surface area contributed by atoms with E-state index < -0.39 is 5.60 Å². The molecule has 1 unspecified atom stereocenters. The Morgan fingerprint density at radius 2 is 2.29 bits per heavy atom. The second-order valence-corrected chi connectivity index (χ2v) is 4.28. The summed E-state index contributed by atoms with van der Waals surface area (Å²) in [5.41, 5.74) is -0.964. The van der Waals surface area contributed by atoms with Crippen LogP contribution in [0.5, 0.6) is 0 Å². The lowest BCUT2D eigenvalue weighted by Gasteiger charge is -2.27. The van der Waals surface area contributed by atoms with Crippen molar-refractivity contribution in [2.24, 2.45) is 5.92 Å². The third-order valence-electron chi connectivity index (χ3n) is 2.57. The highest BCUT2D eigenvalue weighted by Crippen LogP contribution is 2.26.